The van der Waals surface area contributed by atoms with Crippen LogP contribution < -0.4 is 5.73 Å². The quantitative estimate of drug-likeness (QED) is 0.883. The summed E-state index contributed by atoms with van der Waals surface area (Å²) in [5.41, 5.74) is 7.79. The van der Waals surface area contributed by atoms with Crippen molar-refractivity contribution in [3.8, 4) is 0 Å². The van der Waals surface area contributed by atoms with E-state index in [0.29, 0.717) is 11.3 Å². The van der Waals surface area contributed by atoms with Gasteiger partial charge in [-0.25, -0.2) is 8.78 Å². The molecule has 5 heteroatoms. The molecule has 2 aromatic carbocycles. The van der Waals surface area contributed by atoms with Gasteiger partial charge in [0.15, 0.2) is 0 Å². The van der Waals surface area contributed by atoms with E-state index in [1.165, 1.54) is 17.0 Å². The van der Waals surface area contributed by atoms with Crippen molar-refractivity contribution in [3.05, 3.63) is 64.7 Å². The van der Waals surface area contributed by atoms with Crippen molar-refractivity contribution >= 4 is 11.6 Å². The molecule has 1 amide bonds. The van der Waals surface area contributed by atoms with Crippen LogP contribution in [0.5, 0.6) is 0 Å². The second-order valence-electron chi connectivity index (χ2n) is 5.03. The second kappa shape index (κ2) is 5.91. The molecule has 3 nitrogen and oxygen atoms in total. The fraction of sp³-hybridized carbons (Fsp3) is 0.188. The van der Waals surface area contributed by atoms with Crippen molar-refractivity contribution in [2.45, 2.75) is 13.5 Å². The number of benzene rings is 2. The summed E-state index contributed by atoms with van der Waals surface area (Å²) in [4.78, 5) is 13.7. The van der Waals surface area contributed by atoms with Crippen LogP contribution in [0.15, 0.2) is 36.4 Å². The van der Waals surface area contributed by atoms with E-state index in [0.717, 1.165) is 11.6 Å². The van der Waals surface area contributed by atoms with Crippen LogP contribution in [0.25, 0.3) is 0 Å². The molecule has 0 atom stereocenters. The van der Waals surface area contributed by atoms with E-state index >= 15 is 0 Å². The highest BCUT2D eigenvalue weighted by Gasteiger charge is 2.15. The summed E-state index contributed by atoms with van der Waals surface area (Å²) in [5.74, 6) is -1.58. The number of hydrogen-bond donors (Lipinski definition) is 1. The van der Waals surface area contributed by atoms with Gasteiger partial charge in [0.25, 0.3) is 5.91 Å². The van der Waals surface area contributed by atoms with Crippen molar-refractivity contribution in [2.75, 3.05) is 12.8 Å². The standard InChI is InChI=1S/C16H16F2N2O/c1-10-5-12(7-14(19)6-10)16(21)20(2)9-11-3-4-13(17)8-15(11)18/h3-8H,9,19H2,1-2H3. The van der Waals surface area contributed by atoms with Gasteiger partial charge in [0.05, 0.1) is 0 Å². The Morgan fingerprint density at radius 3 is 2.52 bits per heavy atom. The Hall–Kier alpha value is -2.43. The first-order chi connectivity index (χ1) is 9.86. The van der Waals surface area contributed by atoms with Gasteiger partial charge >= 0.3 is 0 Å². The molecule has 0 heterocycles. The van der Waals surface area contributed by atoms with Gasteiger partial charge in [-0.05, 0) is 36.8 Å². The Bertz CT molecular complexity index is 666. The molecule has 0 aromatic heterocycles. The number of amides is 1. The molecule has 110 valence electrons. The van der Waals surface area contributed by atoms with Gasteiger partial charge in [0.2, 0.25) is 0 Å². The summed E-state index contributed by atoms with van der Waals surface area (Å²) in [6.07, 6.45) is 0. The Morgan fingerprint density at radius 2 is 1.90 bits per heavy atom. The molecular formula is C16H16F2N2O. The van der Waals surface area contributed by atoms with E-state index < -0.39 is 11.6 Å². The van der Waals surface area contributed by atoms with E-state index in [1.54, 1.807) is 25.2 Å². The van der Waals surface area contributed by atoms with Crippen molar-refractivity contribution in [3.63, 3.8) is 0 Å². The number of halogens is 2. The second-order valence-corrected chi connectivity index (χ2v) is 5.03. The van der Waals surface area contributed by atoms with E-state index in [1.807, 2.05) is 6.92 Å². The topological polar surface area (TPSA) is 46.3 Å². The molecule has 0 saturated heterocycles. The molecule has 2 rings (SSSR count). The maximum Gasteiger partial charge on any atom is 0.253 e. The van der Waals surface area contributed by atoms with Gasteiger partial charge in [-0.1, -0.05) is 6.07 Å². The Labute approximate surface area is 122 Å². The first-order valence-electron chi connectivity index (χ1n) is 6.43. The van der Waals surface area contributed by atoms with Gasteiger partial charge in [-0.15, -0.1) is 0 Å². The van der Waals surface area contributed by atoms with Crippen LogP contribution in [-0.2, 0) is 6.54 Å². The zero-order chi connectivity index (χ0) is 15.6. The van der Waals surface area contributed by atoms with Crippen molar-refractivity contribution < 1.29 is 13.6 Å². The van der Waals surface area contributed by atoms with E-state index in [2.05, 4.69) is 0 Å². The highest BCUT2D eigenvalue weighted by molar-refractivity contribution is 5.95. The number of carbonyl (C=O) groups excluding carboxylic acids is 1. The smallest absolute Gasteiger partial charge is 0.253 e. The lowest BCUT2D eigenvalue weighted by Gasteiger charge is -2.18. The third kappa shape index (κ3) is 3.56. The first kappa shape index (κ1) is 15.0. The minimum atomic E-state index is -0.668. The van der Waals surface area contributed by atoms with Gasteiger partial charge in [-0.3, -0.25) is 4.79 Å². The Kier molecular flexibility index (Phi) is 4.21. The van der Waals surface area contributed by atoms with Crippen molar-refractivity contribution in [1.29, 1.82) is 0 Å². The molecule has 0 bridgehead atoms. The van der Waals surface area contributed by atoms with Gasteiger partial charge in [-0.2, -0.15) is 0 Å². The molecular weight excluding hydrogens is 274 g/mol. The monoisotopic (exact) mass is 290 g/mol. The average molecular weight is 290 g/mol. The number of nitrogen functional groups attached to an aromatic ring is 1. The molecule has 0 aliphatic heterocycles. The highest BCUT2D eigenvalue weighted by atomic mass is 19.1. The molecule has 0 aliphatic carbocycles. The molecule has 21 heavy (non-hydrogen) atoms. The Morgan fingerprint density at radius 1 is 1.19 bits per heavy atom. The van der Waals surface area contributed by atoms with Crippen LogP contribution in [0.3, 0.4) is 0 Å². The van der Waals surface area contributed by atoms with Crippen molar-refractivity contribution in [2.24, 2.45) is 0 Å². The summed E-state index contributed by atoms with van der Waals surface area (Å²) >= 11 is 0. The predicted molar refractivity (Wildman–Crippen MR) is 77.7 cm³/mol. The number of anilines is 1. The summed E-state index contributed by atoms with van der Waals surface area (Å²) in [7, 11) is 1.56. The molecule has 0 spiro atoms. The maximum absolute atomic E-state index is 13.6. The van der Waals surface area contributed by atoms with Crippen LogP contribution >= 0.6 is 0 Å². The maximum atomic E-state index is 13.6. The van der Waals surface area contributed by atoms with Gasteiger partial charge in [0.1, 0.15) is 11.6 Å². The Balaban J connectivity index is 2.19. The largest absolute Gasteiger partial charge is 0.399 e. The lowest BCUT2D eigenvalue weighted by Crippen LogP contribution is -2.26. The fourth-order valence-electron chi connectivity index (χ4n) is 2.13. The molecule has 0 fully saturated rings. The van der Waals surface area contributed by atoms with Crippen molar-refractivity contribution in [1.82, 2.24) is 4.90 Å². The number of nitrogens with zero attached hydrogens (tertiary/aromatic N) is 1. The molecule has 0 radical (unpaired) electrons. The zero-order valence-electron chi connectivity index (χ0n) is 11.9. The van der Waals surface area contributed by atoms with Gasteiger partial charge in [0, 0.05) is 36.5 Å². The van der Waals surface area contributed by atoms with Crippen LogP contribution in [0, 0.1) is 18.6 Å². The normalized spacial score (nSPS) is 10.5. The van der Waals surface area contributed by atoms with E-state index in [4.69, 9.17) is 5.73 Å². The number of rotatable bonds is 3. The van der Waals surface area contributed by atoms with E-state index in [-0.39, 0.29) is 18.0 Å². The third-order valence-corrected chi connectivity index (χ3v) is 3.12. The van der Waals surface area contributed by atoms with E-state index in [9.17, 15) is 13.6 Å². The molecule has 2 aromatic rings. The SMILES string of the molecule is Cc1cc(N)cc(C(=O)N(C)Cc2ccc(F)cc2F)c1. The molecule has 0 aliphatic rings. The molecule has 0 unspecified atom stereocenters. The summed E-state index contributed by atoms with van der Waals surface area (Å²) < 4.78 is 26.5. The summed E-state index contributed by atoms with van der Waals surface area (Å²) in [5, 5.41) is 0. The number of nitrogens with two attached hydrogens (primary N) is 1. The predicted octanol–water partition coefficient (Wildman–Crippen LogP) is 3.13. The van der Waals surface area contributed by atoms with Gasteiger partial charge < -0.3 is 10.6 Å². The summed E-state index contributed by atoms with van der Waals surface area (Å²) in [6, 6.07) is 8.36. The zero-order valence-corrected chi connectivity index (χ0v) is 11.9. The lowest BCUT2D eigenvalue weighted by molar-refractivity contribution is 0.0784. The molecule has 0 saturated carbocycles. The average Bonchev–Trinajstić information content (AvgIpc) is 2.40. The molecule has 2 N–H and O–H groups in total. The number of hydrogen-bond acceptors (Lipinski definition) is 2. The third-order valence-electron chi connectivity index (χ3n) is 3.12. The highest BCUT2D eigenvalue weighted by Crippen LogP contribution is 2.16. The van der Waals surface area contributed by atoms with Crippen LogP contribution in [0.2, 0.25) is 0 Å². The minimum Gasteiger partial charge on any atom is -0.399 e. The van der Waals surface area contributed by atoms with Crippen LogP contribution in [-0.4, -0.2) is 17.9 Å². The van der Waals surface area contributed by atoms with Crippen LogP contribution in [0.1, 0.15) is 21.5 Å². The minimum absolute atomic E-state index is 0.0544. The fourth-order valence-corrected chi connectivity index (χ4v) is 2.13. The lowest BCUT2D eigenvalue weighted by atomic mass is 10.1. The summed E-state index contributed by atoms with van der Waals surface area (Å²) in [6.45, 7) is 1.89. The first-order valence-corrected chi connectivity index (χ1v) is 6.43. The van der Waals surface area contributed by atoms with Crippen LogP contribution in [0.4, 0.5) is 14.5 Å². The number of carbonyl (C=O) groups is 1. The number of aryl methyl sites for hydroxylation is 1.